The number of nitrogens with zero attached hydrogens (tertiary/aromatic N) is 3. The van der Waals surface area contributed by atoms with Gasteiger partial charge in [0.15, 0.2) is 11.6 Å². The fourth-order valence-electron chi connectivity index (χ4n) is 4.99. The van der Waals surface area contributed by atoms with Gasteiger partial charge in [0.05, 0.1) is 21.7 Å². The largest absolute Gasteiger partial charge is 0.477 e. The summed E-state index contributed by atoms with van der Waals surface area (Å²) in [6, 6.07) is 5.10. The van der Waals surface area contributed by atoms with Gasteiger partial charge < -0.3 is 25.6 Å². The van der Waals surface area contributed by atoms with E-state index in [1.54, 1.807) is 4.57 Å². The van der Waals surface area contributed by atoms with E-state index in [1.807, 2.05) is 19.1 Å². The first kappa shape index (κ1) is 26.1. The highest BCUT2D eigenvalue weighted by molar-refractivity contribution is 8.00. The van der Waals surface area contributed by atoms with Gasteiger partial charge in [-0.25, -0.2) is 19.2 Å². The zero-order chi connectivity index (χ0) is 26.8. The molecule has 200 valence electrons. The molecule has 1 fully saturated rings. The molecular weight excluding hydrogens is 511 g/mol. The van der Waals surface area contributed by atoms with Crippen LogP contribution in [0.4, 0.5) is 16.0 Å². The highest BCUT2D eigenvalue weighted by Crippen LogP contribution is 2.30. The molecule has 1 saturated carbocycles. The number of nitrogens with one attached hydrogen (secondary N) is 3. The summed E-state index contributed by atoms with van der Waals surface area (Å²) in [5.74, 6) is -0.445. The number of thioether (sulfide) groups is 1. The normalized spacial score (nSPS) is 19.2. The topological polar surface area (TPSA) is 138 Å². The highest BCUT2D eigenvalue weighted by Gasteiger charge is 2.24. The lowest BCUT2D eigenvalue weighted by Crippen LogP contribution is -2.32. The SMILES string of the molecule is CCn1cc(C(=O)O)c(=O)c2cc(F)c(N[C@H]3CC[C@H](CNCc4ccc5c(n4)NC(=O)CS5)CC3)nc21. The van der Waals surface area contributed by atoms with Crippen LogP contribution in [0, 0.1) is 11.7 Å². The average Bonchev–Trinajstić information content (AvgIpc) is 2.90. The van der Waals surface area contributed by atoms with E-state index >= 15 is 0 Å². The monoisotopic (exact) mass is 540 g/mol. The maximum absolute atomic E-state index is 14.9. The number of hydrogen-bond donors (Lipinski definition) is 4. The number of aryl methyl sites for hydroxylation is 1. The zero-order valence-electron chi connectivity index (χ0n) is 20.9. The molecule has 4 N–H and O–H groups in total. The molecular formula is C26H29FN6O4S. The Balaban J connectivity index is 1.17. The van der Waals surface area contributed by atoms with Crippen LogP contribution in [0.1, 0.15) is 48.7 Å². The number of amides is 1. The average molecular weight is 541 g/mol. The van der Waals surface area contributed by atoms with Crippen LogP contribution in [0.15, 0.2) is 34.1 Å². The molecule has 0 aromatic carbocycles. The fraction of sp³-hybridized carbons (Fsp3) is 0.423. The van der Waals surface area contributed by atoms with Crippen molar-refractivity contribution in [1.29, 1.82) is 0 Å². The Kier molecular flexibility index (Phi) is 7.61. The van der Waals surface area contributed by atoms with Crippen molar-refractivity contribution in [3.63, 3.8) is 0 Å². The van der Waals surface area contributed by atoms with Crippen molar-refractivity contribution < 1.29 is 19.1 Å². The van der Waals surface area contributed by atoms with Crippen LogP contribution >= 0.6 is 11.8 Å². The van der Waals surface area contributed by atoms with E-state index in [0.717, 1.165) is 48.9 Å². The summed E-state index contributed by atoms with van der Waals surface area (Å²) in [6.07, 6.45) is 4.89. The summed E-state index contributed by atoms with van der Waals surface area (Å²) >= 11 is 1.49. The first-order valence-electron chi connectivity index (χ1n) is 12.7. The molecule has 1 aliphatic carbocycles. The summed E-state index contributed by atoms with van der Waals surface area (Å²) in [7, 11) is 0. The molecule has 10 nitrogen and oxygen atoms in total. The van der Waals surface area contributed by atoms with Crippen molar-refractivity contribution in [1.82, 2.24) is 19.9 Å². The van der Waals surface area contributed by atoms with Crippen LogP contribution in [0.5, 0.6) is 0 Å². The molecule has 3 aromatic rings. The maximum Gasteiger partial charge on any atom is 0.341 e. The Labute approximate surface area is 222 Å². The summed E-state index contributed by atoms with van der Waals surface area (Å²) in [5.41, 5.74) is -0.00206. The Bertz CT molecular complexity index is 1450. The summed E-state index contributed by atoms with van der Waals surface area (Å²) in [6.45, 7) is 3.65. The van der Waals surface area contributed by atoms with Gasteiger partial charge in [0.25, 0.3) is 0 Å². The quantitative estimate of drug-likeness (QED) is 0.338. The Morgan fingerprint density at radius 2 is 2.03 bits per heavy atom. The number of anilines is 2. The number of carboxylic acid groups (broad SMARTS) is 1. The predicted molar refractivity (Wildman–Crippen MR) is 143 cm³/mol. The first-order chi connectivity index (χ1) is 18.3. The van der Waals surface area contributed by atoms with Crippen molar-refractivity contribution >= 4 is 46.3 Å². The van der Waals surface area contributed by atoms with Crippen LogP contribution < -0.4 is 21.4 Å². The number of aromatic nitrogens is 3. The Morgan fingerprint density at radius 3 is 2.76 bits per heavy atom. The first-order valence-corrected chi connectivity index (χ1v) is 13.7. The molecule has 0 bridgehead atoms. The van der Waals surface area contributed by atoms with E-state index in [1.165, 1.54) is 18.0 Å². The van der Waals surface area contributed by atoms with E-state index < -0.39 is 22.8 Å². The van der Waals surface area contributed by atoms with E-state index in [4.69, 9.17) is 0 Å². The predicted octanol–water partition coefficient (Wildman–Crippen LogP) is 3.45. The summed E-state index contributed by atoms with van der Waals surface area (Å²) in [5, 5.41) is 18.7. The Morgan fingerprint density at radius 1 is 1.24 bits per heavy atom. The van der Waals surface area contributed by atoms with Gasteiger partial charge in [0.2, 0.25) is 11.3 Å². The van der Waals surface area contributed by atoms with E-state index in [2.05, 4.69) is 25.9 Å². The molecule has 2 aliphatic rings. The number of rotatable bonds is 8. The van der Waals surface area contributed by atoms with Crippen molar-refractivity contribution in [2.45, 2.75) is 56.6 Å². The van der Waals surface area contributed by atoms with Crippen molar-refractivity contribution in [3.05, 3.63) is 51.7 Å². The van der Waals surface area contributed by atoms with E-state index in [0.29, 0.717) is 30.6 Å². The number of halogens is 1. The number of hydrogen-bond acceptors (Lipinski definition) is 8. The molecule has 38 heavy (non-hydrogen) atoms. The molecule has 4 heterocycles. The van der Waals surface area contributed by atoms with Gasteiger partial charge >= 0.3 is 5.97 Å². The molecule has 1 amide bonds. The smallest absolute Gasteiger partial charge is 0.341 e. The van der Waals surface area contributed by atoms with Gasteiger partial charge in [-0.1, -0.05) is 0 Å². The number of carboxylic acids is 1. The van der Waals surface area contributed by atoms with Gasteiger partial charge in [0.1, 0.15) is 17.0 Å². The third kappa shape index (κ3) is 5.51. The highest BCUT2D eigenvalue weighted by atomic mass is 32.2. The van der Waals surface area contributed by atoms with Gasteiger partial charge in [0, 0.05) is 25.3 Å². The van der Waals surface area contributed by atoms with Gasteiger partial charge in [-0.15, -0.1) is 11.8 Å². The molecule has 1 aliphatic heterocycles. The zero-order valence-corrected chi connectivity index (χ0v) is 21.7. The third-order valence-corrected chi connectivity index (χ3v) is 8.08. The van der Waals surface area contributed by atoms with Gasteiger partial charge in [-0.2, -0.15) is 0 Å². The molecule has 0 atom stereocenters. The van der Waals surface area contributed by atoms with Crippen LogP contribution in [0.25, 0.3) is 11.0 Å². The molecule has 5 rings (SSSR count). The van der Waals surface area contributed by atoms with Crippen molar-refractivity contribution in [2.24, 2.45) is 5.92 Å². The Hall–Kier alpha value is -3.51. The number of pyridine rings is 3. The molecule has 0 radical (unpaired) electrons. The maximum atomic E-state index is 14.9. The fourth-order valence-corrected chi connectivity index (χ4v) is 5.75. The molecule has 0 spiro atoms. The second kappa shape index (κ2) is 11.1. The minimum absolute atomic E-state index is 0.0312. The lowest BCUT2D eigenvalue weighted by atomic mass is 9.86. The summed E-state index contributed by atoms with van der Waals surface area (Å²) in [4.78, 5) is 45.5. The second-order valence-corrected chi connectivity index (χ2v) is 10.6. The lowest BCUT2D eigenvalue weighted by Gasteiger charge is -2.29. The van der Waals surface area contributed by atoms with E-state index in [-0.39, 0.29) is 28.8 Å². The number of carbonyl (C=O) groups is 2. The van der Waals surface area contributed by atoms with Crippen LogP contribution in [-0.2, 0) is 17.9 Å². The van der Waals surface area contributed by atoms with E-state index in [9.17, 15) is 23.9 Å². The standard InChI is InChI=1S/C26H29FN6O4S/c1-2-33-12-18(26(36)37)22(35)17-9-19(27)23(32-25(17)33)29-15-5-3-14(4-6-15)10-28-11-16-7-8-20-24(30-16)31-21(34)13-38-20/h7-9,12,14-15,28H,2-6,10-11,13H2,1H3,(H,29,32)(H,36,37)(H,30,31,34)/t14-,15-. The van der Waals surface area contributed by atoms with Crippen LogP contribution in [0.3, 0.4) is 0 Å². The number of aromatic carboxylic acids is 1. The minimum atomic E-state index is -1.35. The van der Waals surface area contributed by atoms with Crippen molar-refractivity contribution in [2.75, 3.05) is 22.9 Å². The summed E-state index contributed by atoms with van der Waals surface area (Å²) < 4.78 is 16.4. The number of fused-ring (bicyclic) bond motifs is 2. The molecule has 0 saturated heterocycles. The van der Waals surface area contributed by atoms with Gasteiger partial charge in [-0.05, 0) is 63.3 Å². The minimum Gasteiger partial charge on any atom is -0.477 e. The van der Waals surface area contributed by atoms with Gasteiger partial charge in [-0.3, -0.25) is 9.59 Å². The second-order valence-electron chi connectivity index (χ2n) is 9.63. The lowest BCUT2D eigenvalue weighted by molar-refractivity contribution is -0.113. The molecule has 3 aromatic heterocycles. The number of carbonyl (C=O) groups excluding carboxylic acids is 1. The molecule has 0 unspecified atom stereocenters. The van der Waals surface area contributed by atoms with Crippen molar-refractivity contribution in [3.8, 4) is 0 Å². The molecule has 12 heteroatoms. The third-order valence-electron chi connectivity index (χ3n) is 7.03. The van der Waals surface area contributed by atoms with Crippen LogP contribution in [-0.4, -0.2) is 49.9 Å². The van der Waals surface area contributed by atoms with Crippen LogP contribution in [0.2, 0.25) is 0 Å².